The molecule has 29 heavy (non-hydrogen) atoms. The third-order valence-electron chi connectivity index (χ3n) is 6.37. The quantitative estimate of drug-likeness (QED) is 0.495. The molecule has 0 amide bonds. The van der Waals surface area contributed by atoms with E-state index in [0.717, 1.165) is 22.4 Å². The van der Waals surface area contributed by atoms with Crippen molar-refractivity contribution >= 4 is 21.7 Å². The first kappa shape index (κ1) is 20.4. The van der Waals surface area contributed by atoms with E-state index in [2.05, 4.69) is 90.1 Å². The van der Waals surface area contributed by atoms with E-state index in [0.29, 0.717) is 0 Å². The number of rotatable bonds is 4. The van der Waals surface area contributed by atoms with Crippen molar-refractivity contribution in [2.24, 2.45) is 0 Å². The van der Waals surface area contributed by atoms with Crippen LogP contribution < -0.4 is 0 Å². The van der Waals surface area contributed by atoms with Crippen molar-refractivity contribution in [1.29, 1.82) is 0 Å². The van der Waals surface area contributed by atoms with Crippen LogP contribution in [0.5, 0.6) is 0 Å². The van der Waals surface area contributed by atoms with Gasteiger partial charge in [0.2, 0.25) is 0 Å². The minimum absolute atomic E-state index is 0.210. The highest BCUT2D eigenvalue weighted by molar-refractivity contribution is 6.34. The van der Waals surface area contributed by atoms with Crippen LogP contribution in [0.4, 0.5) is 0 Å². The minimum Gasteiger partial charge on any atom is -0.0795 e. The highest BCUT2D eigenvalue weighted by Gasteiger charge is 2.24. The van der Waals surface area contributed by atoms with E-state index in [1.807, 2.05) is 0 Å². The van der Waals surface area contributed by atoms with E-state index in [9.17, 15) is 0 Å². The Balaban J connectivity index is 1.52. The molecule has 2 radical (unpaired) electrons. The SMILES string of the molecule is CC(C)(C)c1ccc(C[Si]Cc2ccc(C(C)(C)C)c3c2CC=C3)c2c1C=CC2. The summed E-state index contributed by atoms with van der Waals surface area (Å²) in [5.41, 5.74) is 12.7. The van der Waals surface area contributed by atoms with Crippen LogP contribution in [0.3, 0.4) is 0 Å². The van der Waals surface area contributed by atoms with Crippen LogP contribution in [0, 0.1) is 0 Å². The Bertz CT molecular complexity index is 909. The maximum atomic E-state index is 2.41. The zero-order valence-corrected chi connectivity index (χ0v) is 19.9. The molecule has 2 aliphatic rings. The van der Waals surface area contributed by atoms with Crippen molar-refractivity contribution in [3.8, 4) is 0 Å². The predicted octanol–water partition coefficient (Wildman–Crippen LogP) is 6.82. The normalized spacial score (nSPS) is 15.1. The van der Waals surface area contributed by atoms with Crippen molar-refractivity contribution in [3.63, 3.8) is 0 Å². The monoisotopic (exact) mass is 398 g/mol. The van der Waals surface area contributed by atoms with Crippen LogP contribution in [-0.2, 0) is 35.8 Å². The van der Waals surface area contributed by atoms with Gasteiger partial charge in [-0.25, -0.2) is 0 Å². The summed E-state index contributed by atoms with van der Waals surface area (Å²) in [4.78, 5) is 0. The summed E-state index contributed by atoms with van der Waals surface area (Å²) >= 11 is 0. The lowest BCUT2D eigenvalue weighted by molar-refractivity contribution is 0.588. The van der Waals surface area contributed by atoms with Crippen LogP contribution in [0.15, 0.2) is 36.4 Å². The Morgan fingerprint density at radius 3 is 1.45 bits per heavy atom. The minimum atomic E-state index is 0.210. The molecule has 0 unspecified atom stereocenters. The Morgan fingerprint density at radius 1 is 0.655 bits per heavy atom. The largest absolute Gasteiger partial charge is 0.0795 e. The average Bonchev–Trinajstić information content (AvgIpc) is 3.29. The second-order valence-electron chi connectivity index (χ2n) is 10.6. The lowest BCUT2D eigenvalue weighted by Crippen LogP contribution is -2.16. The lowest BCUT2D eigenvalue weighted by Gasteiger charge is -2.24. The van der Waals surface area contributed by atoms with Gasteiger partial charge in [-0.15, -0.1) is 0 Å². The summed E-state index contributed by atoms with van der Waals surface area (Å²) in [6, 6.07) is 12.0. The van der Waals surface area contributed by atoms with Crippen LogP contribution in [-0.4, -0.2) is 9.52 Å². The average molecular weight is 399 g/mol. The molecule has 0 heterocycles. The molecule has 150 valence electrons. The van der Waals surface area contributed by atoms with Crippen molar-refractivity contribution < 1.29 is 0 Å². The van der Waals surface area contributed by atoms with Gasteiger partial charge in [0, 0.05) is 9.52 Å². The summed E-state index contributed by atoms with van der Waals surface area (Å²) in [5, 5.41) is 0. The number of benzene rings is 2. The van der Waals surface area contributed by atoms with Gasteiger partial charge in [0.15, 0.2) is 0 Å². The second kappa shape index (κ2) is 7.43. The first-order valence-corrected chi connectivity index (χ1v) is 12.4. The van der Waals surface area contributed by atoms with E-state index >= 15 is 0 Å². The molecule has 0 atom stereocenters. The van der Waals surface area contributed by atoms with E-state index in [1.165, 1.54) is 34.3 Å². The van der Waals surface area contributed by atoms with Crippen LogP contribution in [0.2, 0.25) is 0 Å². The maximum absolute atomic E-state index is 2.41. The van der Waals surface area contributed by atoms with Crippen LogP contribution in [0.1, 0.15) is 86.1 Å². The number of fused-ring (bicyclic) bond motifs is 2. The summed E-state index contributed by atoms with van der Waals surface area (Å²) in [7, 11) is 0.946. The molecule has 2 aromatic carbocycles. The summed E-state index contributed by atoms with van der Waals surface area (Å²) in [5.74, 6) is 0. The summed E-state index contributed by atoms with van der Waals surface area (Å²) < 4.78 is 0. The number of allylic oxidation sites excluding steroid dienone is 2. The Morgan fingerprint density at radius 2 is 1.07 bits per heavy atom. The molecular formula is C28H34Si. The molecule has 2 aromatic rings. The van der Waals surface area contributed by atoms with Gasteiger partial charge in [-0.2, -0.15) is 0 Å². The fraction of sp³-hybridized carbons (Fsp3) is 0.429. The zero-order valence-electron chi connectivity index (χ0n) is 18.9. The topological polar surface area (TPSA) is 0 Å². The Labute approximate surface area is 180 Å². The standard InChI is InChI=1S/C28H34Si/c1-27(2,3)25-15-13-19(21-9-7-11-23(21)25)17-29-18-20-14-16-26(28(4,5)6)24-12-8-10-22(20)24/h7-8,11-16H,9-10,17-18H2,1-6H3. The van der Waals surface area contributed by atoms with Gasteiger partial charge in [-0.3, -0.25) is 0 Å². The Kier molecular flexibility index (Phi) is 5.23. The van der Waals surface area contributed by atoms with Gasteiger partial charge in [-0.1, -0.05) is 90.1 Å². The fourth-order valence-electron chi connectivity index (χ4n) is 4.84. The van der Waals surface area contributed by atoms with Crippen LogP contribution >= 0.6 is 0 Å². The molecule has 0 bridgehead atoms. The smallest absolute Gasteiger partial charge is 0.0478 e. The van der Waals surface area contributed by atoms with Gasteiger partial charge < -0.3 is 0 Å². The third-order valence-corrected chi connectivity index (χ3v) is 7.63. The van der Waals surface area contributed by atoms with Crippen LogP contribution in [0.25, 0.3) is 12.2 Å². The molecule has 1 heteroatoms. The van der Waals surface area contributed by atoms with Crippen molar-refractivity contribution in [1.82, 2.24) is 0 Å². The highest BCUT2D eigenvalue weighted by Crippen LogP contribution is 2.36. The van der Waals surface area contributed by atoms with Crippen molar-refractivity contribution in [2.45, 2.75) is 77.3 Å². The highest BCUT2D eigenvalue weighted by atomic mass is 28.2. The van der Waals surface area contributed by atoms with Gasteiger partial charge in [0.1, 0.15) is 0 Å². The van der Waals surface area contributed by atoms with E-state index < -0.39 is 0 Å². The predicted molar refractivity (Wildman–Crippen MR) is 129 cm³/mol. The molecule has 2 aliphatic carbocycles. The molecule has 0 nitrogen and oxygen atoms in total. The lowest BCUT2D eigenvalue weighted by atomic mass is 9.82. The van der Waals surface area contributed by atoms with Gasteiger partial charge in [0.05, 0.1) is 0 Å². The molecule has 0 saturated carbocycles. The number of hydrogen-bond donors (Lipinski definition) is 0. The van der Waals surface area contributed by atoms with Crippen molar-refractivity contribution in [3.05, 3.63) is 80.9 Å². The Hall–Kier alpha value is -1.86. The first-order chi connectivity index (χ1) is 13.7. The molecule has 0 fully saturated rings. The third kappa shape index (κ3) is 3.94. The van der Waals surface area contributed by atoms with E-state index in [1.54, 1.807) is 22.3 Å². The summed E-state index contributed by atoms with van der Waals surface area (Å²) in [6.07, 6.45) is 11.6. The van der Waals surface area contributed by atoms with Gasteiger partial charge >= 0.3 is 0 Å². The number of hydrogen-bond acceptors (Lipinski definition) is 0. The van der Waals surface area contributed by atoms with Gasteiger partial charge in [0.25, 0.3) is 0 Å². The molecule has 0 aromatic heterocycles. The van der Waals surface area contributed by atoms with Gasteiger partial charge in [-0.05, 0) is 80.3 Å². The van der Waals surface area contributed by atoms with E-state index in [4.69, 9.17) is 0 Å². The second-order valence-corrected chi connectivity index (χ2v) is 11.9. The molecule has 4 rings (SSSR count). The summed E-state index contributed by atoms with van der Waals surface area (Å²) in [6.45, 7) is 14.0. The fourth-order valence-corrected chi connectivity index (χ4v) is 6.17. The molecule has 0 N–H and O–H groups in total. The van der Waals surface area contributed by atoms with Crippen molar-refractivity contribution in [2.75, 3.05) is 0 Å². The zero-order chi connectivity index (χ0) is 20.8. The molecule has 0 saturated heterocycles. The maximum Gasteiger partial charge on any atom is 0.0478 e. The molecule has 0 aliphatic heterocycles. The molecule has 0 spiro atoms. The van der Waals surface area contributed by atoms with E-state index in [-0.39, 0.29) is 10.8 Å². The first-order valence-electron chi connectivity index (χ1n) is 11.0. The molecular weight excluding hydrogens is 364 g/mol.